The summed E-state index contributed by atoms with van der Waals surface area (Å²) in [7, 11) is 0. The van der Waals surface area contributed by atoms with Gasteiger partial charge in [0.2, 0.25) is 11.8 Å². The van der Waals surface area contributed by atoms with E-state index in [1.54, 1.807) is 11.0 Å². The third-order valence-electron chi connectivity index (χ3n) is 5.64. The highest BCUT2D eigenvalue weighted by atomic mass is 16.2. The highest BCUT2D eigenvalue weighted by Gasteiger charge is 2.22. The summed E-state index contributed by atoms with van der Waals surface area (Å²) in [6.07, 6.45) is 3.28. The highest BCUT2D eigenvalue weighted by molar-refractivity contribution is 5.94. The summed E-state index contributed by atoms with van der Waals surface area (Å²) in [5, 5.41) is 2.98. The van der Waals surface area contributed by atoms with Crippen molar-refractivity contribution in [1.82, 2.24) is 14.9 Å². The average molecular weight is 453 g/mol. The first kappa shape index (κ1) is 23.0. The van der Waals surface area contributed by atoms with Gasteiger partial charge >= 0.3 is 0 Å². The quantitative estimate of drug-likeness (QED) is 0.384. The van der Waals surface area contributed by atoms with Gasteiger partial charge in [-0.1, -0.05) is 60.7 Å². The molecule has 1 N–H and O–H groups in total. The molecule has 0 saturated heterocycles. The fourth-order valence-corrected chi connectivity index (χ4v) is 3.98. The van der Waals surface area contributed by atoms with Crippen molar-refractivity contribution < 1.29 is 9.59 Å². The van der Waals surface area contributed by atoms with Crippen LogP contribution in [0.4, 0.5) is 5.69 Å². The van der Waals surface area contributed by atoms with Gasteiger partial charge in [0.05, 0.1) is 17.1 Å². The minimum atomic E-state index is -0.389. The number of amides is 2. The molecule has 0 radical (unpaired) electrons. The lowest BCUT2D eigenvalue weighted by Gasteiger charge is -2.23. The van der Waals surface area contributed by atoms with Crippen molar-refractivity contribution >= 4 is 34.6 Å². The molecule has 172 valence electrons. The molecule has 0 bridgehead atoms. The van der Waals surface area contributed by atoms with E-state index in [2.05, 4.69) is 5.32 Å². The second-order valence-corrected chi connectivity index (χ2v) is 7.99. The van der Waals surface area contributed by atoms with Crippen LogP contribution in [0.1, 0.15) is 31.3 Å². The van der Waals surface area contributed by atoms with E-state index >= 15 is 0 Å². The fraction of sp³-hybridized carbons (Fsp3) is 0.179. The zero-order valence-corrected chi connectivity index (χ0v) is 19.4. The summed E-state index contributed by atoms with van der Waals surface area (Å²) in [5.41, 5.74) is 3.45. The summed E-state index contributed by atoms with van der Waals surface area (Å²) in [6, 6.07) is 26.6. The maximum absolute atomic E-state index is 13.3. The zero-order valence-electron chi connectivity index (χ0n) is 19.4. The van der Waals surface area contributed by atoms with Crippen LogP contribution in [0.25, 0.3) is 17.1 Å². The lowest BCUT2D eigenvalue weighted by Crippen LogP contribution is -2.35. The smallest absolute Gasteiger partial charge is 0.246 e. The summed E-state index contributed by atoms with van der Waals surface area (Å²) in [6.45, 7) is 4.52. The molecular formula is C28H28N4O2. The van der Waals surface area contributed by atoms with Crippen molar-refractivity contribution in [3.8, 4) is 0 Å². The van der Waals surface area contributed by atoms with Gasteiger partial charge in [0.25, 0.3) is 0 Å². The number of likely N-dealkylation sites (N-methyl/N-ethyl adjacent to an activating group) is 1. The number of benzene rings is 3. The maximum Gasteiger partial charge on any atom is 0.246 e. The number of hydrogen-bond donors (Lipinski definition) is 1. The predicted molar refractivity (Wildman–Crippen MR) is 136 cm³/mol. The molecule has 34 heavy (non-hydrogen) atoms. The number of imidazole rings is 1. The van der Waals surface area contributed by atoms with Gasteiger partial charge in [-0.05, 0) is 49.8 Å². The standard InChI is InChI=1S/C28H28N4O2/c1-3-31(23-14-8-5-9-15-23)27(34)20-32-25-17-11-10-16-24(25)30-28(32)21(2)29-26(33)19-18-22-12-6-4-7-13-22/h4-19,21H,3,20H2,1-2H3,(H,29,33)/b19-18-. The Labute approximate surface area is 199 Å². The Morgan fingerprint density at radius 1 is 0.971 bits per heavy atom. The van der Waals surface area contributed by atoms with Gasteiger partial charge in [-0.3, -0.25) is 9.59 Å². The van der Waals surface area contributed by atoms with Crippen LogP contribution in [0, 0.1) is 0 Å². The summed E-state index contributed by atoms with van der Waals surface area (Å²) in [5.74, 6) is 0.376. The molecule has 4 rings (SSSR count). The Balaban J connectivity index is 1.58. The minimum absolute atomic E-state index is 0.0411. The molecule has 0 spiro atoms. The molecule has 3 aromatic carbocycles. The third-order valence-corrected chi connectivity index (χ3v) is 5.64. The third kappa shape index (κ3) is 5.23. The Kier molecular flexibility index (Phi) is 7.18. The molecule has 0 aliphatic rings. The molecule has 0 aliphatic carbocycles. The number of rotatable bonds is 8. The Morgan fingerprint density at radius 2 is 1.62 bits per heavy atom. The number of para-hydroxylation sites is 3. The normalized spacial score (nSPS) is 12.1. The van der Waals surface area contributed by atoms with E-state index in [0.717, 1.165) is 22.3 Å². The monoisotopic (exact) mass is 452 g/mol. The Bertz CT molecular complexity index is 1300. The molecule has 0 aliphatic heterocycles. The van der Waals surface area contributed by atoms with Crippen LogP contribution >= 0.6 is 0 Å². The van der Waals surface area contributed by atoms with E-state index in [-0.39, 0.29) is 24.4 Å². The van der Waals surface area contributed by atoms with Gasteiger partial charge in [-0.25, -0.2) is 4.98 Å². The predicted octanol–water partition coefficient (Wildman–Crippen LogP) is 4.98. The van der Waals surface area contributed by atoms with Gasteiger partial charge in [-0.2, -0.15) is 0 Å². The molecule has 1 unspecified atom stereocenters. The second kappa shape index (κ2) is 10.6. The van der Waals surface area contributed by atoms with Gasteiger partial charge < -0.3 is 14.8 Å². The molecule has 1 aromatic heterocycles. The van der Waals surface area contributed by atoms with E-state index < -0.39 is 0 Å². The van der Waals surface area contributed by atoms with Crippen molar-refractivity contribution in [2.24, 2.45) is 0 Å². The van der Waals surface area contributed by atoms with Crippen molar-refractivity contribution in [2.75, 3.05) is 11.4 Å². The van der Waals surface area contributed by atoms with Gasteiger partial charge in [-0.15, -0.1) is 0 Å². The summed E-state index contributed by atoms with van der Waals surface area (Å²) in [4.78, 5) is 32.4. The maximum atomic E-state index is 13.3. The van der Waals surface area contributed by atoms with Crippen molar-refractivity contribution in [3.05, 3.63) is 102 Å². The first-order valence-electron chi connectivity index (χ1n) is 11.4. The van der Waals surface area contributed by atoms with Crippen LogP contribution in [0.15, 0.2) is 91.0 Å². The van der Waals surface area contributed by atoms with E-state index in [9.17, 15) is 9.59 Å². The van der Waals surface area contributed by atoms with E-state index in [1.165, 1.54) is 6.08 Å². The Hall–Kier alpha value is -4.19. The molecule has 1 atom stereocenters. The number of nitrogens with zero attached hydrogens (tertiary/aromatic N) is 3. The first-order valence-corrected chi connectivity index (χ1v) is 11.4. The van der Waals surface area contributed by atoms with Crippen LogP contribution in [-0.2, 0) is 16.1 Å². The number of carbonyl (C=O) groups excluding carboxylic acids is 2. The van der Waals surface area contributed by atoms with Crippen molar-refractivity contribution in [2.45, 2.75) is 26.4 Å². The largest absolute Gasteiger partial charge is 0.343 e. The molecule has 6 nitrogen and oxygen atoms in total. The zero-order chi connectivity index (χ0) is 23.9. The molecule has 0 saturated carbocycles. The number of nitrogens with one attached hydrogen (secondary N) is 1. The van der Waals surface area contributed by atoms with E-state index in [0.29, 0.717) is 12.4 Å². The van der Waals surface area contributed by atoms with Crippen LogP contribution in [0.2, 0.25) is 0 Å². The molecule has 1 heterocycles. The van der Waals surface area contributed by atoms with Crippen LogP contribution in [0.5, 0.6) is 0 Å². The summed E-state index contributed by atoms with van der Waals surface area (Å²) < 4.78 is 1.90. The van der Waals surface area contributed by atoms with E-state index in [1.807, 2.05) is 103 Å². The van der Waals surface area contributed by atoms with Crippen LogP contribution < -0.4 is 10.2 Å². The fourth-order valence-electron chi connectivity index (χ4n) is 3.98. The molecule has 6 heteroatoms. The Morgan fingerprint density at radius 3 is 2.32 bits per heavy atom. The van der Waals surface area contributed by atoms with Gasteiger partial charge in [0, 0.05) is 18.3 Å². The van der Waals surface area contributed by atoms with Gasteiger partial charge in [0.1, 0.15) is 12.4 Å². The number of aromatic nitrogens is 2. The lowest BCUT2D eigenvalue weighted by molar-refractivity contribution is -0.119. The highest BCUT2D eigenvalue weighted by Crippen LogP contribution is 2.22. The molecule has 0 fully saturated rings. The first-order chi connectivity index (χ1) is 16.6. The molecule has 2 amide bonds. The van der Waals surface area contributed by atoms with E-state index in [4.69, 9.17) is 4.98 Å². The van der Waals surface area contributed by atoms with Crippen LogP contribution in [-0.4, -0.2) is 27.9 Å². The van der Waals surface area contributed by atoms with Crippen molar-refractivity contribution in [3.63, 3.8) is 0 Å². The number of carbonyl (C=O) groups is 2. The van der Waals surface area contributed by atoms with Crippen LogP contribution in [0.3, 0.4) is 0 Å². The molecule has 4 aromatic rings. The number of fused-ring (bicyclic) bond motifs is 1. The number of hydrogen-bond acceptors (Lipinski definition) is 3. The number of anilines is 1. The van der Waals surface area contributed by atoms with Crippen molar-refractivity contribution in [1.29, 1.82) is 0 Å². The SMILES string of the molecule is CCN(C(=O)Cn1c(C(C)NC(=O)/C=C\c2ccccc2)nc2ccccc21)c1ccccc1. The average Bonchev–Trinajstić information content (AvgIpc) is 3.23. The minimum Gasteiger partial charge on any atom is -0.343 e. The summed E-state index contributed by atoms with van der Waals surface area (Å²) >= 11 is 0. The van der Waals surface area contributed by atoms with Gasteiger partial charge in [0.15, 0.2) is 0 Å². The second-order valence-electron chi connectivity index (χ2n) is 7.99. The molecular weight excluding hydrogens is 424 g/mol. The topological polar surface area (TPSA) is 67.2 Å². The lowest BCUT2D eigenvalue weighted by atomic mass is 10.2.